The van der Waals surface area contributed by atoms with Crippen LogP contribution in [-0.4, -0.2) is 41.6 Å². The molecule has 31 heavy (non-hydrogen) atoms. The Balaban J connectivity index is 2.10. The van der Waals surface area contributed by atoms with Crippen LogP contribution in [0.5, 0.6) is 0 Å². The Labute approximate surface area is 181 Å². The predicted molar refractivity (Wildman–Crippen MR) is 117 cm³/mol. The zero-order chi connectivity index (χ0) is 22.8. The van der Waals surface area contributed by atoms with Gasteiger partial charge in [0.25, 0.3) is 0 Å². The third kappa shape index (κ3) is 7.75. The summed E-state index contributed by atoms with van der Waals surface area (Å²) in [4.78, 5) is 36.6. The minimum Gasteiger partial charge on any atom is -0.445 e. The maximum atomic E-state index is 12.9. The molecule has 0 heterocycles. The van der Waals surface area contributed by atoms with Crippen LogP contribution in [0.3, 0.4) is 0 Å². The molecule has 0 bridgehead atoms. The summed E-state index contributed by atoms with van der Waals surface area (Å²) in [6.07, 6.45) is -1.23. The van der Waals surface area contributed by atoms with Crippen molar-refractivity contribution < 1.29 is 24.2 Å². The van der Waals surface area contributed by atoms with E-state index in [0.717, 1.165) is 11.1 Å². The molecule has 1 unspecified atom stereocenters. The lowest BCUT2D eigenvalue weighted by Gasteiger charge is -2.25. The highest BCUT2D eigenvalue weighted by atomic mass is 16.5. The second-order valence-corrected chi connectivity index (χ2v) is 7.61. The van der Waals surface area contributed by atoms with Crippen molar-refractivity contribution in [2.75, 3.05) is 5.73 Å². The minimum atomic E-state index is -1.10. The van der Waals surface area contributed by atoms with Crippen molar-refractivity contribution in [2.45, 2.75) is 45.1 Å². The number of anilines is 1. The molecule has 166 valence electrons. The lowest BCUT2D eigenvalue weighted by molar-refractivity contribution is -0.127. The van der Waals surface area contributed by atoms with E-state index in [1.54, 1.807) is 38.1 Å². The number of nitrogens with two attached hydrogens (primary N) is 1. The maximum absolute atomic E-state index is 12.9. The zero-order valence-corrected chi connectivity index (χ0v) is 17.7. The number of nitrogen functional groups attached to an aromatic ring is 1. The Morgan fingerprint density at radius 2 is 1.74 bits per heavy atom. The van der Waals surface area contributed by atoms with Crippen molar-refractivity contribution in [3.05, 3.63) is 65.7 Å². The van der Waals surface area contributed by atoms with Gasteiger partial charge >= 0.3 is 6.09 Å². The molecular weight excluding hydrogens is 398 g/mol. The molecule has 5 N–H and O–H groups in total. The molecule has 2 aromatic carbocycles. The molecule has 0 fully saturated rings. The number of ether oxygens (including phenoxy) is 1. The van der Waals surface area contributed by atoms with Gasteiger partial charge in [-0.05, 0) is 29.2 Å². The number of aliphatic hydroxyl groups excluding tert-OH is 1. The fourth-order valence-corrected chi connectivity index (χ4v) is 2.95. The molecule has 2 aromatic rings. The van der Waals surface area contributed by atoms with Crippen LogP contribution in [0, 0.1) is 5.92 Å². The second-order valence-electron chi connectivity index (χ2n) is 7.61. The van der Waals surface area contributed by atoms with E-state index in [2.05, 4.69) is 10.6 Å². The van der Waals surface area contributed by atoms with Gasteiger partial charge in [-0.25, -0.2) is 4.79 Å². The quantitative estimate of drug-likeness (QED) is 0.338. The second kappa shape index (κ2) is 11.7. The molecule has 0 aliphatic rings. The molecule has 0 aliphatic carbocycles. The molecule has 8 nitrogen and oxygen atoms in total. The average molecular weight is 428 g/mol. The number of amides is 2. The number of carbonyl (C=O) groups excluding carboxylic acids is 3. The molecule has 0 saturated heterocycles. The Hall–Kier alpha value is -3.39. The third-order valence-corrected chi connectivity index (χ3v) is 4.72. The number of hydrogen-bond donors (Lipinski definition) is 4. The first-order chi connectivity index (χ1) is 14.8. The van der Waals surface area contributed by atoms with E-state index in [1.165, 1.54) is 0 Å². The number of aldehydes is 1. The van der Waals surface area contributed by atoms with Crippen molar-refractivity contribution >= 4 is 24.0 Å². The Bertz CT molecular complexity index is 873. The van der Waals surface area contributed by atoms with Gasteiger partial charge in [0, 0.05) is 12.1 Å². The third-order valence-electron chi connectivity index (χ3n) is 4.72. The van der Waals surface area contributed by atoms with Gasteiger partial charge in [-0.15, -0.1) is 0 Å². The molecule has 2 rings (SSSR count). The van der Waals surface area contributed by atoms with Gasteiger partial charge in [0.15, 0.2) is 0 Å². The molecule has 0 radical (unpaired) electrons. The van der Waals surface area contributed by atoms with Gasteiger partial charge in [-0.2, -0.15) is 0 Å². The first-order valence-electron chi connectivity index (χ1n) is 10.1. The van der Waals surface area contributed by atoms with Crippen LogP contribution in [-0.2, 0) is 27.4 Å². The standard InChI is InChI=1S/C23H29N3O5/c1-15(2)21(28)20(13-27)25-22(29)19(12-17-9-6-10-18(24)11-17)26-23(30)31-14-16-7-4-3-5-8-16/h3-11,13,15,19-21,28H,12,14,24H2,1-2H3,(H,25,29)(H,26,30)/t19-,20+,21?/m0/s1. The van der Waals surface area contributed by atoms with E-state index in [9.17, 15) is 19.5 Å². The van der Waals surface area contributed by atoms with E-state index in [0.29, 0.717) is 12.0 Å². The van der Waals surface area contributed by atoms with Crippen molar-refractivity contribution in [2.24, 2.45) is 5.92 Å². The Morgan fingerprint density at radius 3 is 2.35 bits per heavy atom. The van der Waals surface area contributed by atoms with Crippen LogP contribution in [0.1, 0.15) is 25.0 Å². The number of carbonyl (C=O) groups is 3. The van der Waals surface area contributed by atoms with E-state index in [1.807, 2.05) is 30.3 Å². The molecule has 0 aromatic heterocycles. The summed E-state index contributed by atoms with van der Waals surface area (Å²) in [5.74, 6) is -0.859. The summed E-state index contributed by atoms with van der Waals surface area (Å²) < 4.78 is 5.21. The summed E-state index contributed by atoms with van der Waals surface area (Å²) in [7, 11) is 0. The number of rotatable bonds is 10. The van der Waals surface area contributed by atoms with Gasteiger partial charge in [0.2, 0.25) is 5.91 Å². The summed E-state index contributed by atoms with van der Waals surface area (Å²) in [6.45, 7) is 3.51. The normalized spacial score (nSPS) is 13.7. The molecule has 8 heteroatoms. The van der Waals surface area contributed by atoms with Gasteiger partial charge in [-0.3, -0.25) is 4.79 Å². The zero-order valence-electron chi connectivity index (χ0n) is 17.7. The van der Waals surface area contributed by atoms with E-state index in [-0.39, 0.29) is 18.9 Å². The average Bonchev–Trinajstić information content (AvgIpc) is 2.75. The molecule has 0 spiro atoms. The van der Waals surface area contributed by atoms with Crippen LogP contribution < -0.4 is 16.4 Å². The van der Waals surface area contributed by atoms with Gasteiger partial charge in [0.1, 0.15) is 25.0 Å². The number of benzene rings is 2. The van der Waals surface area contributed by atoms with Crippen molar-refractivity contribution in [1.82, 2.24) is 10.6 Å². The number of aliphatic hydroxyl groups is 1. The predicted octanol–water partition coefficient (Wildman–Crippen LogP) is 1.81. The van der Waals surface area contributed by atoms with Crippen molar-refractivity contribution in [1.29, 1.82) is 0 Å². The monoisotopic (exact) mass is 427 g/mol. The smallest absolute Gasteiger partial charge is 0.408 e. The van der Waals surface area contributed by atoms with Crippen molar-refractivity contribution in [3.8, 4) is 0 Å². The minimum absolute atomic E-state index is 0.0440. The number of hydrogen-bond acceptors (Lipinski definition) is 6. The van der Waals surface area contributed by atoms with Crippen LogP contribution in [0.4, 0.5) is 10.5 Å². The Kier molecular flexibility index (Phi) is 9.02. The molecule has 0 aliphatic heterocycles. The van der Waals surface area contributed by atoms with E-state index in [4.69, 9.17) is 10.5 Å². The fraction of sp³-hybridized carbons (Fsp3) is 0.348. The van der Waals surface area contributed by atoms with E-state index >= 15 is 0 Å². The van der Waals surface area contributed by atoms with Gasteiger partial charge in [-0.1, -0.05) is 56.3 Å². The van der Waals surface area contributed by atoms with Gasteiger partial charge in [0.05, 0.1) is 6.10 Å². The topological polar surface area (TPSA) is 131 Å². The largest absolute Gasteiger partial charge is 0.445 e. The number of nitrogens with one attached hydrogen (secondary N) is 2. The summed E-state index contributed by atoms with van der Waals surface area (Å²) in [5, 5.41) is 15.2. The lowest BCUT2D eigenvalue weighted by atomic mass is 9.99. The number of alkyl carbamates (subject to hydrolysis) is 1. The van der Waals surface area contributed by atoms with Crippen LogP contribution >= 0.6 is 0 Å². The SMILES string of the molecule is CC(C)C(O)[C@@H](C=O)NC(=O)[C@H](Cc1cccc(N)c1)NC(=O)OCc1ccccc1. The van der Waals surface area contributed by atoms with Crippen LogP contribution in [0.2, 0.25) is 0 Å². The van der Waals surface area contributed by atoms with Crippen LogP contribution in [0.15, 0.2) is 54.6 Å². The molecule has 0 saturated carbocycles. The molecule has 2 amide bonds. The summed E-state index contributed by atoms with van der Waals surface area (Å²) >= 11 is 0. The first kappa shape index (κ1) is 23.9. The summed E-state index contributed by atoms with van der Waals surface area (Å²) in [6, 6.07) is 13.9. The van der Waals surface area contributed by atoms with E-state index < -0.39 is 30.2 Å². The summed E-state index contributed by atoms with van der Waals surface area (Å²) in [5.41, 5.74) is 7.84. The highest BCUT2D eigenvalue weighted by Gasteiger charge is 2.28. The molecular formula is C23H29N3O5. The van der Waals surface area contributed by atoms with Gasteiger partial charge < -0.3 is 31.0 Å². The highest BCUT2D eigenvalue weighted by molar-refractivity contribution is 5.88. The van der Waals surface area contributed by atoms with Crippen molar-refractivity contribution in [3.63, 3.8) is 0 Å². The highest BCUT2D eigenvalue weighted by Crippen LogP contribution is 2.11. The Morgan fingerprint density at radius 1 is 1.06 bits per heavy atom. The molecule has 3 atom stereocenters. The lowest BCUT2D eigenvalue weighted by Crippen LogP contribution is -2.54. The van der Waals surface area contributed by atoms with Crippen LogP contribution in [0.25, 0.3) is 0 Å². The maximum Gasteiger partial charge on any atom is 0.408 e. The first-order valence-corrected chi connectivity index (χ1v) is 10.1. The fourth-order valence-electron chi connectivity index (χ4n) is 2.95.